The molecule has 2 amide bonds. The number of methoxy groups -OCH3 is 1. The summed E-state index contributed by atoms with van der Waals surface area (Å²) in [6, 6.07) is 23.3. The normalized spacial score (nSPS) is 11.5. The molecule has 5 rings (SSSR count). The largest absolute Gasteiger partial charge is 0.497 e. The first-order valence-electron chi connectivity index (χ1n) is 19.2. The first-order valence-corrected chi connectivity index (χ1v) is 21.6. The number of aryl methyl sites for hydroxylation is 2. The number of rotatable bonds is 11. The van der Waals surface area contributed by atoms with E-state index in [1.165, 1.54) is 17.0 Å². The maximum Gasteiger partial charge on any atom is 0.253 e. The van der Waals surface area contributed by atoms with Gasteiger partial charge < -0.3 is 15.0 Å². The van der Waals surface area contributed by atoms with Gasteiger partial charge in [0.1, 0.15) is 5.75 Å². The molecule has 0 saturated carbocycles. The van der Waals surface area contributed by atoms with E-state index in [0.717, 1.165) is 31.6 Å². The van der Waals surface area contributed by atoms with Crippen LogP contribution in [0.2, 0.25) is 0 Å². The highest BCUT2D eigenvalue weighted by molar-refractivity contribution is 7.89. The summed E-state index contributed by atoms with van der Waals surface area (Å²) in [5.74, 6) is 0.404. The van der Waals surface area contributed by atoms with Crippen molar-refractivity contribution in [2.75, 3.05) is 39.8 Å². The van der Waals surface area contributed by atoms with Crippen LogP contribution in [0.5, 0.6) is 5.75 Å². The molecule has 0 radical (unpaired) electrons. The van der Waals surface area contributed by atoms with Crippen LogP contribution in [0, 0.1) is 19.8 Å². The van der Waals surface area contributed by atoms with Crippen molar-refractivity contribution in [1.82, 2.24) is 19.5 Å². The molecule has 1 saturated heterocycles. The number of hydrogen-bond acceptors (Lipinski definition) is 7. The topological polar surface area (TPSA) is 109 Å². The monoisotopic (exact) mass is 782 g/mol. The number of amides is 2. The smallest absolute Gasteiger partial charge is 0.253 e. The first kappa shape index (κ1) is 49.9. The molecule has 3 aromatic carbocycles. The molecule has 54 heavy (non-hydrogen) atoms. The lowest BCUT2D eigenvalue weighted by atomic mass is 10.1. The van der Waals surface area contributed by atoms with Gasteiger partial charge in [0.25, 0.3) is 11.8 Å². The van der Waals surface area contributed by atoms with Crippen LogP contribution in [-0.4, -0.2) is 74.3 Å². The SMILES string of the molecule is CC.CC.CC.COc1ccc(S(=O)(=O)N(CCCNC(=O)c2cccc(C(=O)N3CCCC3)c2)CC(C)C)cc1.Cc1ccccc1.Cc1cscn1. The van der Waals surface area contributed by atoms with Crippen molar-refractivity contribution in [1.29, 1.82) is 0 Å². The van der Waals surface area contributed by atoms with Crippen LogP contribution < -0.4 is 10.1 Å². The quantitative estimate of drug-likeness (QED) is 0.152. The van der Waals surface area contributed by atoms with Crippen LogP contribution in [0.3, 0.4) is 0 Å². The summed E-state index contributed by atoms with van der Waals surface area (Å²) in [6.45, 7) is 22.5. The maximum atomic E-state index is 13.2. The molecule has 0 spiro atoms. The zero-order valence-corrected chi connectivity index (χ0v) is 36.2. The van der Waals surface area contributed by atoms with E-state index in [9.17, 15) is 18.0 Å². The lowest BCUT2D eigenvalue weighted by Crippen LogP contribution is -2.37. The van der Waals surface area contributed by atoms with E-state index in [1.54, 1.807) is 59.9 Å². The van der Waals surface area contributed by atoms with Crippen molar-refractivity contribution in [3.63, 3.8) is 0 Å². The number of likely N-dealkylation sites (tertiary alicyclic amines) is 1. The van der Waals surface area contributed by atoms with Gasteiger partial charge in [0.2, 0.25) is 10.0 Å². The predicted octanol–water partition coefficient (Wildman–Crippen LogP) is 9.92. The minimum absolute atomic E-state index is 0.0507. The second kappa shape index (κ2) is 29.3. The fourth-order valence-corrected chi connectivity index (χ4v) is 7.06. The Hall–Kier alpha value is -4.06. The van der Waals surface area contributed by atoms with E-state index >= 15 is 0 Å². The molecular weight excluding hydrogens is 717 g/mol. The Labute approximate surface area is 331 Å². The average molecular weight is 783 g/mol. The number of nitrogens with one attached hydrogen (secondary N) is 1. The number of aromatic nitrogens is 1. The van der Waals surface area contributed by atoms with Crippen LogP contribution in [-0.2, 0) is 10.0 Å². The summed E-state index contributed by atoms with van der Waals surface area (Å²) >= 11 is 1.63. The minimum Gasteiger partial charge on any atom is -0.497 e. The molecule has 1 N–H and O–H groups in total. The number of benzene rings is 3. The number of sulfonamides is 1. The van der Waals surface area contributed by atoms with E-state index < -0.39 is 10.0 Å². The van der Waals surface area contributed by atoms with Gasteiger partial charge in [-0.15, -0.1) is 11.3 Å². The number of nitrogens with zero attached hydrogens (tertiary/aromatic N) is 3. The summed E-state index contributed by atoms with van der Waals surface area (Å²) in [4.78, 5) is 31.2. The van der Waals surface area contributed by atoms with Gasteiger partial charge in [0, 0.05) is 54.9 Å². The van der Waals surface area contributed by atoms with Crippen LogP contribution in [0.4, 0.5) is 0 Å². The van der Waals surface area contributed by atoms with Gasteiger partial charge in [-0.3, -0.25) is 14.6 Å². The summed E-state index contributed by atoms with van der Waals surface area (Å²) in [7, 11) is -2.14. The molecule has 1 aromatic heterocycles. The number of carbonyl (C=O) groups excluding carboxylic acids is 2. The highest BCUT2D eigenvalue weighted by atomic mass is 32.2. The second-order valence-corrected chi connectivity index (χ2v) is 14.6. The molecule has 1 aliphatic heterocycles. The van der Waals surface area contributed by atoms with E-state index in [2.05, 4.69) is 29.4 Å². The molecule has 1 fully saturated rings. The summed E-state index contributed by atoms with van der Waals surface area (Å²) in [6.07, 6.45) is 2.47. The third-order valence-electron chi connectivity index (χ3n) is 7.40. The molecule has 0 atom stereocenters. The van der Waals surface area contributed by atoms with Gasteiger partial charge >= 0.3 is 0 Å². The summed E-state index contributed by atoms with van der Waals surface area (Å²) in [5, 5.41) is 4.86. The Morgan fingerprint density at radius 1 is 0.870 bits per heavy atom. The molecule has 0 aliphatic carbocycles. The van der Waals surface area contributed by atoms with Crippen molar-refractivity contribution in [3.05, 3.63) is 112 Å². The van der Waals surface area contributed by atoms with Gasteiger partial charge in [0.05, 0.1) is 17.5 Å². The third kappa shape index (κ3) is 18.8. The summed E-state index contributed by atoms with van der Waals surface area (Å²) in [5.41, 5.74) is 5.19. The summed E-state index contributed by atoms with van der Waals surface area (Å²) < 4.78 is 33.0. The lowest BCUT2D eigenvalue weighted by molar-refractivity contribution is 0.0792. The Kier molecular flexibility index (Phi) is 27.1. The Morgan fingerprint density at radius 2 is 1.46 bits per heavy atom. The molecule has 2 heterocycles. The zero-order valence-electron chi connectivity index (χ0n) is 34.6. The number of hydrogen-bond donors (Lipinski definition) is 1. The van der Waals surface area contributed by atoms with Crippen LogP contribution in [0.1, 0.15) is 107 Å². The second-order valence-electron chi connectivity index (χ2n) is 11.9. The van der Waals surface area contributed by atoms with E-state index in [1.807, 2.05) is 96.3 Å². The third-order valence-corrected chi connectivity index (χ3v) is 9.98. The molecule has 1 aliphatic rings. The van der Waals surface area contributed by atoms with Crippen molar-refractivity contribution < 1.29 is 22.7 Å². The van der Waals surface area contributed by atoms with Crippen LogP contribution in [0.15, 0.2) is 94.6 Å². The van der Waals surface area contributed by atoms with Crippen LogP contribution in [0.25, 0.3) is 0 Å². The first-order chi connectivity index (χ1) is 26.0. The van der Waals surface area contributed by atoms with Crippen molar-refractivity contribution in [2.24, 2.45) is 5.92 Å². The fourth-order valence-electron chi connectivity index (χ4n) is 4.88. The molecule has 11 heteroatoms. The minimum atomic E-state index is -3.67. The average Bonchev–Trinajstić information content (AvgIpc) is 3.94. The molecular formula is C43H66N4O5S2. The standard InChI is InChI=1S/C26H35N3O5S.C7H8.C4H5NS.3C2H6/c1-20(2)19-29(35(32,33)24-12-10-23(34-3)11-13-24)17-7-14-27-25(30)21-8-6-9-22(18-21)26(31)28-15-4-5-16-28;1-7-5-3-2-4-6-7;1-4-2-6-3-5-4;3*1-2/h6,8-13,18,20H,4-5,7,14-17,19H2,1-3H3,(H,27,30);2-6H,1H3;2-3H,1H3;3*1-2H3. The Balaban J connectivity index is 0.00000121. The van der Waals surface area contributed by atoms with E-state index in [0.29, 0.717) is 36.4 Å². The molecule has 0 bridgehead atoms. The fraction of sp³-hybridized carbons (Fsp3) is 0.465. The Morgan fingerprint density at radius 3 is 1.93 bits per heavy atom. The van der Waals surface area contributed by atoms with Gasteiger partial charge in [-0.1, -0.05) is 97.4 Å². The van der Waals surface area contributed by atoms with E-state index in [4.69, 9.17) is 4.74 Å². The molecule has 0 unspecified atom stereocenters. The predicted molar refractivity (Wildman–Crippen MR) is 227 cm³/mol. The molecule has 300 valence electrons. The highest BCUT2D eigenvalue weighted by Gasteiger charge is 2.25. The van der Waals surface area contributed by atoms with Crippen LogP contribution >= 0.6 is 11.3 Å². The van der Waals surface area contributed by atoms with Gasteiger partial charge in [-0.05, 0) is 81.5 Å². The maximum absolute atomic E-state index is 13.2. The molecule has 9 nitrogen and oxygen atoms in total. The van der Waals surface area contributed by atoms with Gasteiger partial charge in [-0.2, -0.15) is 4.31 Å². The number of ether oxygens (including phenoxy) is 1. The molecule has 4 aromatic rings. The highest BCUT2D eigenvalue weighted by Crippen LogP contribution is 2.21. The van der Waals surface area contributed by atoms with Gasteiger partial charge in [-0.25, -0.2) is 8.42 Å². The van der Waals surface area contributed by atoms with Gasteiger partial charge in [0.15, 0.2) is 0 Å². The number of thiazole rings is 1. The van der Waals surface area contributed by atoms with Crippen molar-refractivity contribution in [2.45, 2.75) is 93.4 Å². The zero-order chi connectivity index (χ0) is 40.9. The number of carbonyl (C=O) groups is 2. The lowest BCUT2D eigenvalue weighted by Gasteiger charge is -2.24. The van der Waals surface area contributed by atoms with E-state index in [-0.39, 0.29) is 29.2 Å². The van der Waals surface area contributed by atoms with Crippen molar-refractivity contribution >= 4 is 33.2 Å². The Bertz CT molecular complexity index is 1640. The van der Waals surface area contributed by atoms with Crippen molar-refractivity contribution in [3.8, 4) is 5.75 Å².